The van der Waals surface area contributed by atoms with Crippen LogP contribution in [0.25, 0.3) is 0 Å². The molecule has 0 saturated carbocycles. The van der Waals surface area contributed by atoms with Gasteiger partial charge in [0.1, 0.15) is 11.9 Å². The summed E-state index contributed by atoms with van der Waals surface area (Å²) in [6.07, 6.45) is -5.33. The Kier molecular flexibility index (Phi) is 3.75. The summed E-state index contributed by atoms with van der Waals surface area (Å²) in [5.41, 5.74) is -1.88. The second kappa shape index (κ2) is 4.55. The number of halogens is 5. The third-order valence-corrected chi connectivity index (χ3v) is 2.64. The number of hydrogen-bond donors (Lipinski definition) is 1. The predicted octanol–water partition coefficient (Wildman–Crippen LogP) is 3.83. The van der Waals surface area contributed by atoms with Crippen LogP contribution in [0.4, 0.5) is 17.6 Å². The molecule has 0 aromatic heterocycles. The number of rotatable bonds is 2. The van der Waals surface area contributed by atoms with Gasteiger partial charge in [0.2, 0.25) is 0 Å². The highest BCUT2D eigenvalue weighted by Crippen LogP contribution is 2.37. The molecule has 0 fully saturated rings. The SMILES string of the molecule is C=CC(O)c1c(Br)ccc(C(F)(F)F)c1F. The van der Waals surface area contributed by atoms with Crippen molar-refractivity contribution in [2.45, 2.75) is 12.3 Å². The van der Waals surface area contributed by atoms with E-state index in [0.717, 1.165) is 12.1 Å². The molecule has 1 aromatic carbocycles. The standard InChI is InChI=1S/C10H7BrF4O/c1-2-7(16)8-6(11)4-3-5(9(8)12)10(13,14)15/h2-4,7,16H,1H2. The Morgan fingerprint density at radius 1 is 1.38 bits per heavy atom. The molecule has 0 bridgehead atoms. The lowest BCUT2D eigenvalue weighted by molar-refractivity contribution is -0.140. The number of aliphatic hydroxyl groups excluding tert-OH is 1. The van der Waals surface area contributed by atoms with Crippen LogP contribution in [0.2, 0.25) is 0 Å². The fourth-order valence-corrected chi connectivity index (χ4v) is 1.72. The minimum absolute atomic E-state index is 0.0606. The molecule has 88 valence electrons. The highest BCUT2D eigenvalue weighted by atomic mass is 79.9. The average Bonchev–Trinajstić information content (AvgIpc) is 2.15. The Labute approximate surface area is 97.5 Å². The van der Waals surface area contributed by atoms with Crippen LogP contribution in [0, 0.1) is 5.82 Å². The number of hydrogen-bond acceptors (Lipinski definition) is 1. The molecular formula is C10H7BrF4O. The van der Waals surface area contributed by atoms with Crippen molar-refractivity contribution in [1.82, 2.24) is 0 Å². The van der Waals surface area contributed by atoms with Crippen LogP contribution in [0.3, 0.4) is 0 Å². The molecule has 1 unspecified atom stereocenters. The Balaban J connectivity index is 3.44. The van der Waals surface area contributed by atoms with E-state index in [1.165, 1.54) is 0 Å². The Morgan fingerprint density at radius 2 is 1.94 bits per heavy atom. The largest absolute Gasteiger partial charge is 0.419 e. The second-order valence-electron chi connectivity index (χ2n) is 3.00. The summed E-state index contributed by atoms with van der Waals surface area (Å²) in [6, 6.07) is 1.65. The van der Waals surface area contributed by atoms with Gasteiger partial charge >= 0.3 is 6.18 Å². The molecule has 0 radical (unpaired) electrons. The molecule has 1 N–H and O–H groups in total. The fourth-order valence-electron chi connectivity index (χ4n) is 1.18. The van der Waals surface area contributed by atoms with Crippen LogP contribution in [-0.2, 0) is 6.18 Å². The van der Waals surface area contributed by atoms with E-state index >= 15 is 0 Å². The van der Waals surface area contributed by atoms with Gasteiger partial charge in [-0.3, -0.25) is 0 Å². The van der Waals surface area contributed by atoms with Crippen molar-refractivity contribution in [3.05, 3.63) is 46.2 Å². The monoisotopic (exact) mass is 298 g/mol. The van der Waals surface area contributed by atoms with Gasteiger partial charge in [-0.15, -0.1) is 6.58 Å². The van der Waals surface area contributed by atoms with Crippen LogP contribution >= 0.6 is 15.9 Å². The zero-order valence-electron chi connectivity index (χ0n) is 7.85. The molecule has 6 heteroatoms. The normalized spacial score (nSPS) is 13.6. The molecule has 0 saturated heterocycles. The van der Waals surface area contributed by atoms with Crippen molar-refractivity contribution < 1.29 is 22.7 Å². The van der Waals surface area contributed by atoms with Gasteiger partial charge in [0.25, 0.3) is 0 Å². The van der Waals surface area contributed by atoms with Crippen LogP contribution in [-0.4, -0.2) is 5.11 Å². The summed E-state index contributed by atoms with van der Waals surface area (Å²) < 4.78 is 50.7. The topological polar surface area (TPSA) is 20.2 Å². The maximum Gasteiger partial charge on any atom is 0.419 e. The summed E-state index contributed by atoms with van der Waals surface area (Å²) in [5, 5.41) is 9.33. The van der Waals surface area contributed by atoms with Gasteiger partial charge in [0.15, 0.2) is 0 Å². The smallest absolute Gasteiger partial charge is 0.384 e. The van der Waals surface area contributed by atoms with Crippen LogP contribution in [0.15, 0.2) is 29.3 Å². The van der Waals surface area contributed by atoms with Gasteiger partial charge in [-0.25, -0.2) is 4.39 Å². The molecule has 0 heterocycles. The van der Waals surface area contributed by atoms with Gasteiger partial charge in [-0.05, 0) is 12.1 Å². The highest BCUT2D eigenvalue weighted by Gasteiger charge is 2.36. The van der Waals surface area contributed by atoms with Crippen LogP contribution in [0.1, 0.15) is 17.2 Å². The van der Waals surface area contributed by atoms with E-state index < -0.39 is 29.2 Å². The van der Waals surface area contributed by atoms with Crippen molar-refractivity contribution >= 4 is 15.9 Å². The van der Waals surface area contributed by atoms with Gasteiger partial charge in [-0.1, -0.05) is 22.0 Å². The minimum atomic E-state index is -4.79. The molecule has 1 rings (SSSR count). The first-order chi connectivity index (χ1) is 7.29. The molecular weight excluding hydrogens is 292 g/mol. The van der Waals surface area contributed by atoms with Gasteiger partial charge in [-0.2, -0.15) is 13.2 Å². The summed E-state index contributed by atoms with van der Waals surface area (Å²) in [4.78, 5) is 0. The van der Waals surface area contributed by atoms with E-state index in [1.54, 1.807) is 0 Å². The van der Waals surface area contributed by atoms with Gasteiger partial charge in [0, 0.05) is 10.0 Å². The molecule has 1 aromatic rings. The second-order valence-corrected chi connectivity index (χ2v) is 3.86. The van der Waals surface area contributed by atoms with Gasteiger partial charge < -0.3 is 5.11 Å². The van der Waals surface area contributed by atoms with E-state index in [1.807, 2.05) is 0 Å². The first-order valence-electron chi connectivity index (χ1n) is 4.14. The minimum Gasteiger partial charge on any atom is -0.384 e. The average molecular weight is 299 g/mol. The summed E-state index contributed by atoms with van der Waals surface area (Å²) in [7, 11) is 0. The lowest BCUT2D eigenvalue weighted by Crippen LogP contribution is -2.11. The number of alkyl halides is 3. The molecule has 0 amide bonds. The summed E-state index contributed by atoms with van der Waals surface area (Å²) in [5.74, 6) is -1.49. The zero-order chi connectivity index (χ0) is 12.5. The van der Waals surface area contributed by atoms with Crippen LogP contribution in [0.5, 0.6) is 0 Å². The van der Waals surface area contributed by atoms with E-state index in [2.05, 4.69) is 22.5 Å². The maximum absolute atomic E-state index is 13.5. The zero-order valence-corrected chi connectivity index (χ0v) is 9.44. The van der Waals surface area contributed by atoms with E-state index in [4.69, 9.17) is 0 Å². The summed E-state index contributed by atoms with van der Waals surface area (Å²) in [6.45, 7) is 3.19. The third-order valence-electron chi connectivity index (χ3n) is 1.95. The molecule has 1 nitrogen and oxygen atoms in total. The molecule has 0 aliphatic heterocycles. The van der Waals surface area contributed by atoms with E-state index in [0.29, 0.717) is 6.07 Å². The number of aliphatic hydroxyl groups is 1. The molecule has 16 heavy (non-hydrogen) atoms. The maximum atomic E-state index is 13.5. The van der Waals surface area contributed by atoms with Crippen LogP contribution < -0.4 is 0 Å². The van der Waals surface area contributed by atoms with Crippen molar-refractivity contribution in [2.24, 2.45) is 0 Å². The quantitative estimate of drug-likeness (QED) is 0.650. The van der Waals surface area contributed by atoms with E-state index in [9.17, 15) is 22.7 Å². The molecule has 0 aliphatic rings. The Bertz CT molecular complexity index is 414. The number of benzene rings is 1. The van der Waals surface area contributed by atoms with Crippen molar-refractivity contribution in [1.29, 1.82) is 0 Å². The fraction of sp³-hybridized carbons (Fsp3) is 0.200. The molecule has 1 atom stereocenters. The third kappa shape index (κ3) is 2.44. The van der Waals surface area contributed by atoms with Crippen molar-refractivity contribution in [3.63, 3.8) is 0 Å². The Hall–Kier alpha value is -0.880. The predicted molar refractivity (Wildman–Crippen MR) is 54.3 cm³/mol. The molecule has 0 aliphatic carbocycles. The molecule has 0 spiro atoms. The van der Waals surface area contributed by atoms with Crippen molar-refractivity contribution in [3.8, 4) is 0 Å². The van der Waals surface area contributed by atoms with Gasteiger partial charge in [0.05, 0.1) is 5.56 Å². The lowest BCUT2D eigenvalue weighted by atomic mass is 10.0. The highest BCUT2D eigenvalue weighted by molar-refractivity contribution is 9.10. The van der Waals surface area contributed by atoms with E-state index in [-0.39, 0.29) is 4.47 Å². The lowest BCUT2D eigenvalue weighted by Gasteiger charge is -2.14. The summed E-state index contributed by atoms with van der Waals surface area (Å²) >= 11 is 2.87. The first kappa shape index (κ1) is 13.2. The Morgan fingerprint density at radius 3 is 2.38 bits per heavy atom. The first-order valence-corrected chi connectivity index (χ1v) is 4.94. The van der Waals surface area contributed by atoms with Crippen molar-refractivity contribution in [2.75, 3.05) is 0 Å².